The van der Waals surface area contributed by atoms with Crippen LogP contribution < -0.4 is 0 Å². The van der Waals surface area contributed by atoms with Crippen LogP contribution in [0.2, 0.25) is 0 Å². The average molecular weight is 237 g/mol. The van der Waals surface area contributed by atoms with Crippen LogP contribution in [-0.2, 0) is 0 Å². The SMILES string of the molecule is CC(C)N(O)C(CC=CP)c1ccccc1. The monoisotopic (exact) mass is 237 g/mol. The van der Waals surface area contributed by atoms with Crippen molar-refractivity contribution in [2.45, 2.75) is 32.4 Å². The first-order valence-corrected chi connectivity index (χ1v) is 6.22. The maximum absolute atomic E-state index is 10.1. The maximum Gasteiger partial charge on any atom is 0.0636 e. The molecule has 88 valence electrons. The lowest BCUT2D eigenvalue weighted by Crippen LogP contribution is -2.31. The topological polar surface area (TPSA) is 23.5 Å². The third-order valence-corrected chi connectivity index (χ3v) is 2.80. The molecule has 1 aromatic rings. The summed E-state index contributed by atoms with van der Waals surface area (Å²) >= 11 is 0. The van der Waals surface area contributed by atoms with E-state index in [0.29, 0.717) is 0 Å². The van der Waals surface area contributed by atoms with Crippen LogP contribution in [0.25, 0.3) is 0 Å². The van der Waals surface area contributed by atoms with E-state index in [2.05, 4.69) is 9.24 Å². The van der Waals surface area contributed by atoms with E-state index < -0.39 is 0 Å². The van der Waals surface area contributed by atoms with Gasteiger partial charge in [0, 0.05) is 6.04 Å². The molecular formula is C13H20NOP. The molecule has 0 aliphatic carbocycles. The van der Waals surface area contributed by atoms with Crippen molar-refractivity contribution in [2.75, 3.05) is 0 Å². The van der Waals surface area contributed by atoms with Crippen molar-refractivity contribution < 1.29 is 5.21 Å². The second-order valence-corrected chi connectivity index (χ2v) is 4.45. The fourth-order valence-electron chi connectivity index (χ4n) is 1.64. The van der Waals surface area contributed by atoms with Gasteiger partial charge in [-0.15, -0.1) is 9.24 Å². The molecule has 2 atom stereocenters. The first-order valence-electron chi connectivity index (χ1n) is 5.55. The Labute approximate surface area is 100 Å². The molecule has 0 heterocycles. The van der Waals surface area contributed by atoms with Gasteiger partial charge in [-0.2, -0.15) is 5.06 Å². The van der Waals surface area contributed by atoms with E-state index in [0.717, 1.165) is 12.0 Å². The predicted octanol–water partition coefficient (Wildman–Crippen LogP) is 3.61. The summed E-state index contributed by atoms with van der Waals surface area (Å²) in [6.45, 7) is 3.97. The standard InChI is InChI=1S/C13H20NOP/c1-11(2)14(15)13(9-6-10-16)12-7-4-3-5-8-12/h3-8,10-11,13,15H,9,16H2,1-2H3. The Morgan fingerprint density at radius 1 is 1.31 bits per heavy atom. The Kier molecular flexibility index (Phi) is 5.68. The molecule has 0 saturated carbocycles. The van der Waals surface area contributed by atoms with Gasteiger partial charge in [-0.1, -0.05) is 42.2 Å². The minimum absolute atomic E-state index is 0.0259. The van der Waals surface area contributed by atoms with E-state index in [1.165, 1.54) is 5.06 Å². The second-order valence-electron chi connectivity index (χ2n) is 4.06. The third kappa shape index (κ3) is 3.71. The van der Waals surface area contributed by atoms with Crippen molar-refractivity contribution in [3.05, 3.63) is 47.8 Å². The van der Waals surface area contributed by atoms with Gasteiger partial charge in [-0.05, 0) is 25.8 Å². The molecule has 0 aromatic heterocycles. The summed E-state index contributed by atoms with van der Waals surface area (Å²) in [5.41, 5.74) is 1.14. The van der Waals surface area contributed by atoms with Crippen molar-refractivity contribution in [3.63, 3.8) is 0 Å². The van der Waals surface area contributed by atoms with Gasteiger partial charge in [0.2, 0.25) is 0 Å². The van der Waals surface area contributed by atoms with Crippen LogP contribution in [0, 0.1) is 0 Å². The van der Waals surface area contributed by atoms with E-state index in [-0.39, 0.29) is 12.1 Å². The van der Waals surface area contributed by atoms with Gasteiger partial charge in [0.15, 0.2) is 0 Å². The van der Waals surface area contributed by atoms with Gasteiger partial charge in [-0.3, -0.25) is 0 Å². The van der Waals surface area contributed by atoms with Crippen LogP contribution >= 0.6 is 9.24 Å². The highest BCUT2D eigenvalue weighted by Gasteiger charge is 2.19. The highest BCUT2D eigenvalue weighted by Crippen LogP contribution is 2.25. The normalized spacial score (nSPS) is 13.9. The Hall–Kier alpha value is -0.690. The lowest BCUT2D eigenvalue weighted by molar-refractivity contribution is -0.152. The maximum atomic E-state index is 10.1. The number of benzene rings is 1. The molecule has 0 saturated heterocycles. The number of hydroxylamine groups is 2. The van der Waals surface area contributed by atoms with Crippen LogP contribution in [0.5, 0.6) is 0 Å². The van der Waals surface area contributed by atoms with E-state index in [4.69, 9.17) is 0 Å². The summed E-state index contributed by atoms with van der Waals surface area (Å²) in [5, 5.41) is 11.5. The lowest BCUT2D eigenvalue weighted by Gasteiger charge is -2.28. The van der Waals surface area contributed by atoms with Crippen molar-refractivity contribution in [1.29, 1.82) is 0 Å². The molecule has 1 rings (SSSR count). The van der Waals surface area contributed by atoms with Crippen LogP contribution in [-0.4, -0.2) is 16.3 Å². The molecule has 16 heavy (non-hydrogen) atoms. The van der Waals surface area contributed by atoms with E-state index in [1.807, 2.05) is 56.1 Å². The minimum atomic E-state index is 0.0259. The smallest absolute Gasteiger partial charge is 0.0636 e. The molecule has 0 radical (unpaired) electrons. The summed E-state index contributed by atoms with van der Waals surface area (Å²) in [5.74, 6) is 1.93. The van der Waals surface area contributed by atoms with E-state index in [1.54, 1.807) is 0 Å². The zero-order valence-corrected chi connectivity index (χ0v) is 11.0. The lowest BCUT2D eigenvalue weighted by atomic mass is 10.0. The first-order chi connectivity index (χ1) is 7.66. The molecular weight excluding hydrogens is 217 g/mol. The summed E-state index contributed by atoms with van der Waals surface area (Å²) in [6.07, 6.45) is 2.86. The molecule has 3 heteroatoms. The first kappa shape index (κ1) is 13.4. The largest absolute Gasteiger partial charge is 0.313 e. The quantitative estimate of drug-likeness (QED) is 0.624. The number of rotatable bonds is 5. The highest BCUT2D eigenvalue weighted by molar-refractivity contribution is 7.20. The van der Waals surface area contributed by atoms with Gasteiger partial charge >= 0.3 is 0 Å². The van der Waals surface area contributed by atoms with Crippen molar-refractivity contribution in [1.82, 2.24) is 5.06 Å². The van der Waals surface area contributed by atoms with Crippen molar-refractivity contribution >= 4 is 9.24 Å². The van der Waals surface area contributed by atoms with Crippen LogP contribution in [0.3, 0.4) is 0 Å². The number of hydrogen-bond donors (Lipinski definition) is 1. The molecule has 0 bridgehead atoms. The van der Waals surface area contributed by atoms with Crippen molar-refractivity contribution in [3.8, 4) is 0 Å². The molecule has 0 aliphatic heterocycles. The fourth-order valence-corrected chi connectivity index (χ4v) is 1.80. The average Bonchev–Trinajstić information content (AvgIpc) is 2.30. The van der Waals surface area contributed by atoms with Gasteiger partial charge in [-0.25, -0.2) is 0 Å². The summed E-state index contributed by atoms with van der Waals surface area (Å²) < 4.78 is 0. The van der Waals surface area contributed by atoms with Gasteiger partial charge < -0.3 is 5.21 Å². The number of hydrogen-bond acceptors (Lipinski definition) is 2. The molecule has 1 aromatic carbocycles. The van der Waals surface area contributed by atoms with Gasteiger partial charge in [0.25, 0.3) is 0 Å². The second kappa shape index (κ2) is 6.80. The molecule has 0 fully saturated rings. The van der Waals surface area contributed by atoms with Gasteiger partial charge in [0.05, 0.1) is 6.04 Å². The van der Waals surface area contributed by atoms with Gasteiger partial charge in [0.1, 0.15) is 0 Å². The zero-order valence-electron chi connectivity index (χ0n) is 9.88. The Bertz CT molecular complexity index is 324. The molecule has 2 unspecified atom stereocenters. The molecule has 0 spiro atoms. The minimum Gasteiger partial charge on any atom is -0.313 e. The zero-order chi connectivity index (χ0) is 12.0. The summed E-state index contributed by atoms with van der Waals surface area (Å²) in [4.78, 5) is 0. The Morgan fingerprint density at radius 3 is 2.44 bits per heavy atom. The molecule has 2 nitrogen and oxygen atoms in total. The molecule has 0 aliphatic rings. The molecule has 0 amide bonds. The number of nitrogens with zero attached hydrogens (tertiary/aromatic N) is 1. The van der Waals surface area contributed by atoms with E-state index in [9.17, 15) is 5.21 Å². The fraction of sp³-hybridized carbons (Fsp3) is 0.385. The summed E-state index contributed by atoms with van der Waals surface area (Å²) in [7, 11) is 2.56. The third-order valence-electron chi connectivity index (χ3n) is 2.53. The Balaban J connectivity index is 2.87. The predicted molar refractivity (Wildman–Crippen MR) is 71.4 cm³/mol. The van der Waals surface area contributed by atoms with E-state index >= 15 is 0 Å². The molecule has 1 N–H and O–H groups in total. The van der Waals surface area contributed by atoms with Crippen LogP contribution in [0.1, 0.15) is 31.9 Å². The van der Waals surface area contributed by atoms with Crippen molar-refractivity contribution in [2.24, 2.45) is 0 Å². The Morgan fingerprint density at radius 2 is 1.94 bits per heavy atom. The highest BCUT2D eigenvalue weighted by atomic mass is 31.0. The van der Waals surface area contributed by atoms with Crippen LogP contribution in [0.15, 0.2) is 42.2 Å². The summed E-state index contributed by atoms with van der Waals surface area (Å²) in [6, 6.07) is 10.2. The van der Waals surface area contributed by atoms with Crippen LogP contribution in [0.4, 0.5) is 0 Å².